The van der Waals surface area contributed by atoms with Crippen LogP contribution in [0.1, 0.15) is 43.0 Å². The first-order valence-electron chi connectivity index (χ1n) is 14.0. The molecule has 0 radical (unpaired) electrons. The molecular formula is C36H33N3O7S2. The number of ether oxygens (including phenoxy) is 1. The highest BCUT2D eigenvalue weighted by Crippen LogP contribution is 2.32. The van der Waals surface area contributed by atoms with E-state index in [9.17, 15) is 26.4 Å². The molecule has 12 heteroatoms. The fourth-order valence-corrected chi connectivity index (χ4v) is 6.38. The molecule has 0 spiro atoms. The van der Waals surface area contributed by atoms with E-state index in [0.717, 1.165) is 23.6 Å². The largest absolute Gasteiger partial charge is 0.465 e. The van der Waals surface area contributed by atoms with Gasteiger partial charge < -0.3 is 16.2 Å². The summed E-state index contributed by atoms with van der Waals surface area (Å²) in [5.74, 6) is 2.90. The number of carbonyl (C=O) groups is 2. The van der Waals surface area contributed by atoms with Crippen LogP contribution in [0.25, 0.3) is 22.3 Å². The summed E-state index contributed by atoms with van der Waals surface area (Å²) in [6, 6.07) is 20.2. The number of nitrogens with two attached hydrogens (primary N) is 2. The van der Waals surface area contributed by atoms with Crippen molar-refractivity contribution < 1.29 is 31.2 Å². The Labute approximate surface area is 280 Å². The number of terminal acetylenes is 2. The molecule has 0 fully saturated rings. The number of benzene rings is 4. The van der Waals surface area contributed by atoms with Crippen LogP contribution in [0.4, 0.5) is 0 Å². The second-order valence-corrected chi connectivity index (χ2v) is 14.7. The van der Waals surface area contributed by atoms with Crippen molar-refractivity contribution in [1.29, 1.82) is 0 Å². The van der Waals surface area contributed by atoms with E-state index in [-0.39, 0.29) is 26.5 Å². The normalized spacial score (nSPS) is 10.8. The van der Waals surface area contributed by atoms with Crippen LogP contribution >= 0.6 is 0 Å². The lowest BCUT2D eigenvalue weighted by molar-refractivity contribution is 0.0600. The van der Waals surface area contributed by atoms with Crippen LogP contribution in [0.5, 0.6) is 0 Å². The minimum absolute atomic E-state index is 0.0236. The van der Waals surface area contributed by atoms with Crippen molar-refractivity contribution in [3.8, 4) is 46.9 Å². The molecule has 246 valence electrons. The number of rotatable bonds is 6. The lowest BCUT2D eigenvalue weighted by Crippen LogP contribution is -2.24. The molecule has 48 heavy (non-hydrogen) atoms. The van der Waals surface area contributed by atoms with Crippen molar-refractivity contribution in [2.75, 3.05) is 19.6 Å². The topological polar surface area (TPSA) is 176 Å². The highest BCUT2D eigenvalue weighted by atomic mass is 32.2. The number of nitrogens with zero attached hydrogens (tertiary/aromatic N) is 1. The molecule has 0 saturated heterocycles. The molecule has 0 unspecified atom stereocenters. The number of guanidine groups is 1. The average Bonchev–Trinajstić information content (AvgIpc) is 3.03. The number of hydrogen-bond donors (Lipinski definition) is 2. The number of sulfone groups is 2. The standard InChI is InChI=1S/C18H17N3O3S.C18H16O4S/c1-4-12-9-14(13-7-5-11(2)6-8-13)16(25(3,23)24)10-15(12)17(22)21-18(19)20;1-5-13-10-15(14-8-6-12(2)7-9-14)17(23(4,20)21)11-16(13)18(19)22-3/h1,5-10H,2-3H3,(H4,19,20,21,22);1,6-11H,2-4H3. The Hall–Kier alpha value is -5.69. The molecule has 4 aromatic rings. The van der Waals surface area contributed by atoms with Gasteiger partial charge in [0.25, 0.3) is 5.91 Å². The van der Waals surface area contributed by atoms with Crippen molar-refractivity contribution in [2.24, 2.45) is 16.5 Å². The third-order valence-electron chi connectivity index (χ3n) is 6.94. The summed E-state index contributed by atoms with van der Waals surface area (Å²) in [5.41, 5.74) is 15.3. The van der Waals surface area contributed by atoms with Gasteiger partial charge in [-0.25, -0.2) is 21.6 Å². The van der Waals surface area contributed by atoms with Gasteiger partial charge in [0, 0.05) is 34.8 Å². The van der Waals surface area contributed by atoms with Gasteiger partial charge in [-0.05, 0) is 49.2 Å². The van der Waals surface area contributed by atoms with Crippen LogP contribution in [0, 0.1) is 38.5 Å². The molecule has 0 saturated carbocycles. The van der Waals surface area contributed by atoms with Gasteiger partial charge in [0.2, 0.25) is 0 Å². The van der Waals surface area contributed by atoms with Crippen molar-refractivity contribution in [3.05, 3.63) is 106 Å². The lowest BCUT2D eigenvalue weighted by Gasteiger charge is -2.12. The highest BCUT2D eigenvalue weighted by molar-refractivity contribution is 7.91. The fraction of sp³-hybridized carbons (Fsp3) is 0.139. The van der Waals surface area contributed by atoms with Gasteiger partial charge in [0.15, 0.2) is 25.6 Å². The summed E-state index contributed by atoms with van der Waals surface area (Å²) in [4.78, 5) is 27.5. The highest BCUT2D eigenvalue weighted by Gasteiger charge is 2.23. The van der Waals surface area contributed by atoms with E-state index in [2.05, 4.69) is 21.6 Å². The van der Waals surface area contributed by atoms with Crippen LogP contribution in [-0.2, 0) is 24.4 Å². The van der Waals surface area contributed by atoms with Crippen LogP contribution in [-0.4, -0.2) is 54.3 Å². The quantitative estimate of drug-likeness (QED) is 0.130. The Morgan fingerprint density at radius 3 is 1.40 bits per heavy atom. The number of amides is 1. The van der Waals surface area contributed by atoms with E-state index < -0.39 is 37.5 Å². The van der Waals surface area contributed by atoms with Crippen LogP contribution in [0.15, 0.2) is 87.6 Å². The first kappa shape index (κ1) is 36.8. The van der Waals surface area contributed by atoms with Crippen LogP contribution in [0.3, 0.4) is 0 Å². The Balaban J connectivity index is 0.000000261. The number of aryl methyl sites for hydroxylation is 2. The number of esters is 1. The second-order valence-electron chi connectivity index (χ2n) is 10.7. The molecule has 0 atom stereocenters. The average molecular weight is 684 g/mol. The molecule has 4 N–H and O–H groups in total. The molecule has 0 bridgehead atoms. The van der Waals surface area contributed by atoms with Crippen LogP contribution in [0.2, 0.25) is 0 Å². The van der Waals surface area contributed by atoms with Gasteiger partial charge in [-0.2, -0.15) is 4.99 Å². The van der Waals surface area contributed by atoms with Gasteiger partial charge in [0.05, 0.1) is 28.0 Å². The van der Waals surface area contributed by atoms with E-state index >= 15 is 0 Å². The van der Waals surface area contributed by atoms with Gasteiger partial charge in [-0.1, -0.05) is 71.5 Å². The predicted octanol–water partition coefficient (Wildman–Crippen LogP) is 4.29. The summed E-state index contributed by atoms with van der Waals surface area (Å²) in [7, 11) is -5.97. The van der Waals surface area contributed by atoms with Crippen molar-refractivity contribution in [2.45, 2.75) is 23.6 Å². The monoisotopic (exact) mass is 683 g/mol. The molecule has 0 aliphatic rings. The molecule has 1 amide bonds. The first-order valence-corrected chi connectivity index (χ1v) is 17.7. The summed E-state index contributed by atoms with van der Waals surface area (Å²) in [5, 5.41) is 0. The van der Waals surface area contributed by atoms with E-state index in [0.29, 0.717) is 27.8 Å². The van der Waals surface area contributed by atoms with Crippen molar-refractivity contribution in [3.63, 3.8) is 0 Å². The maximum Gasteiger partial charge on any atom is 0.339 e. The predicted molar refractivity (Wildman–Crippen MR) is 187 cm³/mol. The minimum Gasteiger partial charge on any atom is -0.465 e. The number of hydrogen-bond acceptors (Lipinski definition) is 7. The maximum atomic E-state index is 12.2. The van der Waals surface area contributed by atoms with Crippen molar-refractivity contribution in [1.82, 2.24) is 0 Å². The number of carbonyl (C=O) groups excluding carboxylic acids is 2. The molecule has 4 aromatic carbocycles. The third-order valence-corrected chi connectivity index (χ3v) is 9.21. The third kappa shape index (κ3) is 8.76. The summed E-state index contributed by atoms with van der Waals surface area (Å²) >= 11 is 0. The molecule has 0 aromatic heterocycles. The van der Waals surface area contributed by atoms with Crippen LogP contribution < -0.4 is 11.5 Å². The van der Waals surface area contributed by atoms with Gasteiger partial charge in [0.1, 0.15) is 0 Å². The first-order chi connectivity index (χ1) is 22.4. The number of aliphatic imine (C=N–C) groups is 1. The van der Waals surface area contributed by atoms with E-state index in [4.69, 9.17) is 24.3 Å². The van der Waals surface area contributed by atoms with E-state index in [1.54, 1.807) is 12.1 Å². The fourth-order valence-electron chi connectivity index (χ4n) is 4.56. The minimum atomic E-state index is -3.63. The Morgan fingerprint density at radius 2 is 1.06 bits per heavy atom. The zero-order chi connectivity index (χ0) is 36.0. The molecule has 0 aliphatic heterocycles. The second kappa shape index (κ2) is 14.8. The van der Waals surface area contributed by atoms with E-state index in [1.807, 2.05) is 50.2 Å². The zero-order valence-electron chi connectivity index (χ0n) is 26.9. The lowest BCUT2D eigenvalue weighted by atomic mass is 9.98. The van der Waals surface area contributed by atoms with E-state index in [1.165, 1.54) is 31.4 Å². The smallest absolute Gasteiger partial charge is 0.339 e. The molecule has 4 rings (SSSR count). The summed E-state index contributed by atoms with van der Waals surface area (Å²) in [6.07, 6.45) is 13.1. The summed E-state index contributed by atoms with van der Waals surface area (Å²) < 4.78 is 53.5. The summed E-state index contributed by atoms with van der Waals surface area (Å²) in [6.45, 7) is 3.86. The molecule has 0 heterocycles. The SMILES string of the molecule is C#Cc1cc(-c2ccc(C)cc2)c(S(C)(=O)=O)cc1C(=O)N=C(N)N.C#Cc1cc(-c2ccc(C)cc2)c(S(C)(=O)=O)cc1C(=O)OC. The molecule has 0 aliphatic carbocycles. The maximum absolute atomic E-state index is 12.2. The van der Waals surface area contributed by atoms with Gasteiger partial charge in [-0.15, -0.1) is 12.8 Å². The Bertz CT molecular complexity index is 2240. The Kier molecular flexibility index (Phi) is 11.4. The molecular weight excluding hydrogens is 651 g/mol. The van der Waals surface area contributed by atoms with Gasteiger partial charge >= 0.3 is 5.97 Å². The van der Waals surface area contributed by atoms with Crippen molar-refractivity contribution >= 4 is 37.5 Å². The molecule has 10 nitrogen and oxygen atoms in total. The zero-order valence-corrected chi connectivity index (χ0v) is 28.5. The van der Waals surface area contributed by atoms with Gasteiger partial charge in [-0.3, -0.25) is 4.79 Å². The Morgan fingerprint density at radius 1 is 0.688 bits per heavy atom. The number of methoxy groups -OCH3 is 1.